The monoisotopic (exact) mass is 442 g/mol. The van der Waals surface area contributed by atoms with Gasteiger partial charge >= 0.3 is 0 Å². The third-order valence-electron chi connectivity index (χ3n) is 6.91. The molecule has 4 rings (SSSR count). The Balaban J connectivity index is 1.85. The van der Waals surface area contributed by atoms with Gasteiger partial charge in [0.1, 0.15) is 17.8 Å². The van der Waals surface area contributed by atoms with E-state index in [1.807, 2.05) is 6.92 Å². The molecule has 8 atom stereocenters. The molecule has 0 amide bonds. The number of aliphatic hydroxyl groups is 1. The molecule has 3 nitrogen and oxygen atoms in total. The molecular formula is C15H21Br2ClO3. The molecule has 4 aliphatic rings. The highest BCUT2D eigenvalue weighted by molar-refractivity contribution is 9.10. The number of alkyl halides is 3. The van der Waals surface area contributed by atoms with Crippen LogP contribution in [0.25, 0.3) is 0 Å². The lowest BCUT2D eigenvalue weighted by atomic mass is 9.46. The molecule has 2 saturated heterocycles. The highest BCUT2D eigenvalue weighted by Crippen LogP contribution is 2.80. The van der Waals surface area contributed by atoms with Crippen LogP contribution in [0.4, 0.5) is 0 Å². The lowest BCUT2D eigenvalue weighted by molar-refractivity contribution is -0.151. The molecule has 0 aromatic carbocycles. The maximum Gasteiger partial charge on any atom is 0.157 e. The summed E-state index contributed by atoms with van der Waals surface area (Å²) < 4.78 is 11.7. The second kappa shape index (κ2) is 3.85. The van der Waals surface area contributed by atoms with E-state index in [9.17, 15) is 5.11 Å². The SMILES string of the molecule is CC1(Cl)CC(O)C2(CC1Br)C1(C)OC1C1OC1(Br)C2(C)C. The van der Waals surface area contributed by atoms with Crippen molar-refractivity contribution in [3.05, 3.63) is 0 Å². The summed E-state index contributed by atoms with van der Waals surface area (Å²) >= 11 is 14.2. The Kier molecular flexibility index (Phi) is 2.87. The van der Waals surface area contributed by atoms with Crippen LogP contribution in [0.2, 0.25) is 0 Å². The molecule has 0 aromatic rings. The maximum atomic E-state index is 11.1. The summed E-state index contributed by atoms with van der Waals surface area (Å²) in [7, 11) is 0. The van der Waals surface area contributed by atoms with Crippen molar-refractivity contribution < 1.29 is 14.6 Å². The molecule has 1 N–H and O–H groups in total. The third-order valence-corrected chi connectivity index (χ3v) is 10.6. The van der Waals surface area contributed by atoms with Crippen molar-refractivity contribution in [1.29, 1.82) is 0 Å². The van der Waals surface area contributed by atoms with Crippen molar-refractivity contribution in [2.45, 2.75) is 78.7 Å². The molecule has 2 aliphatic heterocycles. The smallest absolute Gasteiger partial charge is 0.157 e. The van der Waals surface area contributed by atoms with Crippen LogP contribution in [0.15, 0.2) is 0 Å². The van der Waals surface area contributed by atoms with E-state index in [0.29, 0.717) is 6.42 Å². The van der Waals surface area contributed by atoms with E-state index in [1.165, 1.54) is 0 Å². The fourth-order valence-electron chi connectivity index (χ4n) is 5.29. The topological polar surface area (TPSA) is 45.3 Å². The van der Waals surface area contributed by atoms with Gasteiger partial charge in [-0.05, 0) is 26.7 Å². The molecule has 0 bridgehead atoms. The van der Waals surface area contributed by atoms with Crippen molar-refractivity contribution in [3.63, 3.8) is 0 Å². The maximum absolute atomic E-state index is 11.1. The van der Waals surface area contributed by atoms with Crippen LogP contribution in [0, 0.1) is 10.8 Å². The number of aliphatic hydroxyl groups excluding tert-OH is 1. The Morgan fingerprint density at radius 3 is 2.33 bits per heavy atom. The Morgan fingerprint density at radius 1 is 1.10 bits per heavy atom. The van der Waals surface area contributed by atoms with Crippen molar-refractivity contribution in [2.75, 3.05) is 0 Å². The molecular weight excluding hydrogens is 423 g/mol. The van der Waals surface area contributed by atoms with Crippen LogP contribution < -0.4 is 0 Å². The molecule has 0 radical (unpaired) electrons. The summed E-state index contributed by atoms with van der Waals surface area (Å²) in [6, 6.07) is 0. The normalized spacial score (nSPS) is 67.4. The van der Waals surface area contributed by atoms with E-state index in [2.05, 4.69) is 52.6 Å². The number of halogens is 3. The fraction of sp³-hybridized carbons (Fsp3) is 1.00. The second-order valence-corrected chi connectivity index (χ2v) is 11.2. The van der Waals surface area contributed by atoms with Crippen LogP contribution in [-0.2, 0) is 9.47 Å². The number of rotatable bonds is 0. The van der Waals surface area contributed by atoms with Gasteiger partial charge in [0.25, 0.3) is 0 Å². The second-order valence-electron chi connectivity index (χ2n) is 8.09. The molecule has 120 valence electrons. The van der Waals surface area contributed by atoms with E-state index >= 15 is 0 Å². The van der Waals surface area contributed by atoms with Crippen molar-refractivity contribution in [3.8, 4) is 0 Å². The Morgan fingerprint density at radius 2 is 1.71 bits per heavy atom. The molecule has 21 heavy (non-hydrogen) atoms. The van der Waals surface area contributed by atoms with E-state index in [0.717, 1.165) is 6.42 Å². The molecule has 2 saturated carbocycles. The first-order valence-electron chi connectivity index (χ1n) is 7.50. The van der Waals surface area contributed by atoms with Gasteiger partial charge in [-0.3, -0.25) is 0 Å². The predicted octanol–water partition coefficient (Wildman–Crippen LogP) is 3.58. The number of epoxide rings is 2. The lowest BCUT2D eigenvalue weighted by Crippen LogP contribution is -2.68. The highest BCUT2D eigenvalue weighted by atomic mass is 79.9. The van der Waals surface area contributed by atoms with E-state index in [1.54, 1.807) is 0 Å². The molecule has 2 heterocycles. The van der Waals surface area contributed by atoms with Crippen molar-refractivity contribution in [1.82, 2.24) is 0 Å². The van der Waals surface area contributed by atoms with Crippen LogP contribution >= 0.6 is 43.5 Å². The summed E-state index contributed by atoms with van der Waals surface area (Å²) in [4.78, 5) is -0.315. The van der Waals surface area contributed by atoms with Crippen LogP contribution in [0.5, 0.6) is 0 Å². The average Bonchev–Trinajstić information content (AvgIpc) is 3.19. The van der Waals surface area contributed by atoms with Gasteiger partial charge < -0.3 is 14.6 Å². The van der Waals surface area contributed by atoms with Gasteiger partial charge in [0.2, 0.25) is 0 Å². The van der Waals surface area contributed by atoms with Crippen LogP contribution in [0.1, 0.15) is 40.5 Å². The highest BCUT2D eigenvalue weighted by Gasteiger charge is 2.90. The molecule has 2 aliphatic carbocycles. The van der Waals surface area contributed by atoms with Crippen molar-refractivity contribution >= 4 is 43.5 Å². The van der Waals surface area contributed by atoms with E-state index < -0.39 is 15.5 Å². The summed E-state index contributed by atoms with van der Waals surface area (Å²) in [5.74, 6) is 0. The zero-order valence-electron chi connectivity index (χ0n) is 12.6. The number of ether oxygens (including phenoxy) is 2. The zero-order chi connectivity index (χ0) is 15.6. The lowest BCUT2D eigenvalue weighted by Gasteiger charge is -2.60. The first-order valence-corrected chi connectivity index (χ1v) is 9.58. The largest absolute Gasteiger partial charge is 0.392 e. The molecule has 8 unspecified atom stereocenters. The predicted molar refractivity (Wildman–Crippen MR) is 88.2 cm³/mol. The van der Waals surface area contributed by atoms with Gasteiger partial charge in [-0.15, -0.1) is 11.6 Å². The average molecular weight is 445 g/mol. The minimum atomic E-state index is -0.515. The Bertz CT molecular complexity index is 527. The summed E-state index contributed by atoms with van der Waals surface area (Å²) in [6.07, 6.45) is 0.969. The minimum Gasteiger partial charge on any atom is -0.392 e. The quantitative estimate of drug-likeness (QED) is 0.459. The molecule has 1 spiro atoms. The van der Waals surface area contributed by atoms with Gasteiger partial charge in [0, 0.05) is 15.7 Å². The van der Waals surface area contributed by atoms with Crippen LogP contribution in [0.3, 0.4) is 0 Å². The Hall–Kier alpha value is 1.13. The number of fused-ring (bicyclic) bond motifs is 4. The number of hydrogen-bond donors (Lipinski definition) is 1. The first kappa shape index (κ1) is 15.6. The minimum absolute atomic E-state index is 0.0685. The van der Waals surface area contributed by atoms with Gasteiger partial charge in [-0.2, -0.15) is 0 Å². The number of hydrogen-bond acceptors (Lipinski definition) is 3. The van der Waals surface area contributed by atoms with Gasteiger partial charge in [0.15, 0.2) is 4.51 Å². The van der Waals surface area contributed by atoms with Gasteiger partial charge in [0.05, 0.1) is 11.0 Å². The van der Waals surface area contributed by atoms with Crippen molar-refractivity contribution in [2.24, 2.45) is 10.8 Å². The van der Waals surface area contributed by atoms with E-state index in [4.69, 9.17) is 21.1 Å². The molecule has 4 fully saturated rings. The van der Waals surface area contributed by atoms with Gasteiger partial charge in [-0.25, -0.2) is 0 Å². The summed E-state index contributed by atoms with van der Waals surface area (Å²) in [5.41, 5.74) is -0.983. The van der Waals surface area contributed by atoms with E-state index in [-0.39, 0.29) is 33.5 Å². The zero-order valence-corrected chi connectivity index (χ0v) is 16.5. The van der Waals surface area contributed by atoms with Gasteiger partial charge in [-0.1, -0.05) is 45.7 Å². The van der Waals surface area contributed by atoms with Crippen LogP contribution in [-0.4, -0.2) is 43.2 Å². The third kappa shape index (κ3) is 1.49. The summed E-state index contributed by atoms with van der Waals surface area (Å²) in [6.45, 7) is 8.50. The fourth-order valence-corrected chi connectivity index (χ4v) is 7.01. The first-order chi connectivity index (χ1) is 9.44. The molecule has 0 aromatic heterocycles. The standard InChI is InChI=1S/C15H21Br2ClO3/c1-11(2)14(5-7(16)12(3,18)6-8(14)19)13(4)9(20-13)10-15(11,17)21-10/h7-10,19H,5-6H2,1-4H3. The molecule has 6 heteroatoms. The Labute approximate surface area is 147 Å². The summed E-state index contributed by atoms with van der Waals surface area (Å²) in [5, 5.41) is 11.1.